The summed E-state index contributed by atoms with van der Waals surface area (Å²) < 4.78 is 0. The van der Waals surface area contributed by atoms with Gasteiger partial charge in [-0.25, -0.2) is 4.98 Å². The number of nitrogens with two attached hydrogens (primary N) is 1. The largest absolute Gasteiger partial charge is 0.353 e. The monoisotopic (exact) mass is 259 g/mol. The zero-order valence-corrected chi connectivity index (χ0v) is 10.7. The smallest absolute Gasteiger partial charge is 0.223 e. The molecule has 0 aliphatic carbocycles. The predicted molar refractivity (Wildman–Crippen MR) is 71.4 cm³/mol. The Hall–Kier alpha value is -2.13. The summed E-state index contributed by atoms with van der Waals surface area (Å²) in [5, 5.41) is 8.73. The van der Waals surface area contributed by atoms with Gasteiger partial charge in [0.25, 0.3) is 0 Å². The number of nitrogens with zero attached hydrogens (tertiary/aromatic N) is 4. The Bertz CT molecular complexity index is 471. The van der Waals surface area contributed by atoms with Crippen molar-refractivity contribution < 1.29 is 4.79 Å². The maximum atomic E-state index is 11.7. The first-order valence-electron chi connectivity index (χ1n) is 6.33. The van der Waals surface area contributed by atoms with E-state index in [2.05, 4.69) is 9.88 Å². The molecule has 19 heavy (non-hydrogen) atoms. The fourth-order valence-corrected chi connectivity index (χ4v) is 2.11. The average molecular weight is 259 g/mol. The summed E-state index contributed by atoms with van der Waals surface area (Å²) in [5.41, 5.74) is 5.94. The highest BCUT2D eigenvalue weighted by molar-refractivity contribution is 5.76. The van der Waals surface area contributed by atoms with Crippen LogP contribution in [0.4, 0.5) is 5.82 Å². The molecule has 1 fully saturated rings. The summed E-state index contributed by atoms with van der Waals surface area (Å²) in [6, 6.07) is 5.65. The summed E-state index contributed by atoms with van der Waals surface area (Å²) in [7, 11) is 0. The van der Waals surface area contributed by atoms with E-state index in [1.165, 1.54) is 0 Å². The van der Waals surface area contributed by atoms with Crippen LogP contribution >= 0.6 is 0 Å². The molecule has 0 aromatic carbocycles. The third kappa shape index (κ3) is 3.20. The molecule has 0 unspecified atom stereocenters. The van der Waals surface area contributed by atoms with Crippen LogP contribution in [0.15, 0.2) is 18.3 Å². The number of rotatable bonds is 3. The Balaban J connectivity index is 1.92. The third-order valence-electron chi connectivity index (χ3n) is 3.19. The zero-order valence-electron chi connectivity index (χ0n) is 10.7. The van der Waals surface area contributed by atoms with Crippen LogP contribution in [-0.2, 0) is 4.79 Å². The summed E-state index contributed by atoms with van der Waals surface area (Å²) in [6.45, 7) is 3.31. The van der Waals surface area contributed by atoms with Gasteiger partial charge < -0.3 is 15.5 Å². The van der Waals surface area contributed by atoms with Gasteiger partial charge in [0, 0.05) is 45.3 Å². The molecular formula is C13H17N5O. The SMILES string of the molecule is N#Cc1ccc(N2CCN(C(=O)CCN)CC2)nc1. The number of pyridine rings is 1. The molecule has 0 bridgehead atoms. The van der Waals surface area contributed by atoms with E-state index in [4.69, 9.17) is 11.0 Å². The maximum Gasteiger partial charge on any atom is 0.223 e. The predicted octanol–water partition coefficient (Wildman–Crippen LogP) is -0.0493. The minimum atomic E-state index is 0.120. The molecule has 1 amide bonds. The lowest BCUT2D eigenvalue weighted by molar-refractivity contribution is -0.131. The zero-order chi connectivity index (χ0) is 13.7. The molecule has 2 rings (SSSR count). The van der Waals surface area contributed by atoms with E-state index in [1.807, 2.05) is 17.0 Å². The van der Waals surface area contributed by atoms with Crippen molar-refractivity contribution >= 4 is 11.7 Å². The van der Waals surface area contributed by atoms with Crippen molar-refractivity contribution in [3.63, 3.8) is 0 Å². The van der Waals surface area contributed by atoms with Crippen LogP contribution in [0.2, 0.25) is 0 Å². The number of carbonyl (C=O) groups is 1. The lowest BCUT2D eigenvalue weighted by Crippen LogP contribution is -2.49. The van der Waals surface area contributed by atoms with Crippen molar-refractivity contribution in [1.82, 2.24) is 9.88 Å². The van der Waals surface area contributed by atoms with E-state index in [0.717, 1.165) is 18.9 Å². The van der Waals surface area contributed by atoms with E-state index in [-0.39, 0.29) is 5.91 Å². The van der Waals surface area contributed by atoms with Gasteiger partial charge in [0.2, 0.25) is 5.91 Å². The van der Waals surface area contributed by atoms with Crippen LogP contribution < -0.4 is 10.6 Å². The van der Waals surface area contributed by atoms with Crippen molar-refractivity contribution in [1.29, 1.82) is 5.26 Å². The second kappa shape index (κ2) is 6.16. The van der Waals surface area contributed by atoms with Gasteiger partial charge in [0.1, 0.15) is 11.9 Å². The van der Waals surface area contributed by atoms with Crippen LogP contribution in [0, 0.1) is 11.3 Å². The van der Waals surface area contributed by atoms with Crippen LogP contribution in [-0.4, -0.2) is 48.5 Å². The molecule has 1 saturated heterocycles. The summed E-state index contributed by atoms with van der Waals surface area (Å²) >= 11 is 0. The minimum absolute atomic E-state index is 0.120. The van der Waals surface area contributed by atoms with Gasteiger partial charge in [-0.3, -0.25) is 4.79 Å². The van der Waals surface area contributed by atoms with Gasteiger partial charge in [0.05, 0.1) is 5.56 Å². The highest BCUT2D eigenvalue weighted by atomic mass is 16.2. The second-order valence-electron chi connectivity index (χ2n) is 4.42. The van der Waals surface area contributed by atoms with Crippen LogP contribution in [0.3, 0.4) is 0 Å². The Labute approximate surface area is 112 Å². The van der Waals surface area contributed by atoms with E-state index in [9.17, 15) is 4.79 Å². The number of aromatic nitrogens is 1. The van der Waals surface area contributed by atoms with Gasteiger partial charge in [0.15, 0.2) is 0 Å². The van der Waals surface area contributed by atoms with Gasteiger partial charge >= 0.3 is 0 Å². The molecular weight excluding hydrogens is 242 g/mol. The molecule has 0 atom stereocenters. The molecule has 100 valence electrons. The van der Waals surface area contributed by atoms with E-state index < -0.39 is 0 Å². The Morgan fingerprint density at radius 3 is 2.63 bits per heavy atom. The standard InChI is InChI=1S/C13H17N5O/c14-4-3-13(19)18-7-5-17(6-8-18)12-2-1-11(9-15)10-16-12/h1-2,10H,3-8,14H2. The number of nitriles is 1. The highest BCUT2D eigenvalue weighted by Gasteiger charge is 2.21. The van der Waals surface area contributed by atoms with Crippen LogP contribution in [0.25, 0.3) is 0 Å². The van der Waals surface area contributed by atoms with Crippen molar-refractivity contribution in [2.24, 2.45) is 5.73 Å². The summed E-state index contributed by atoms with van der Waals surface area (Å²) in [5.74, 6) is 0.972. The molecule has 0 spiro atoms. The topological polar surface area (TPSA) is 86.2 Å². The number of carbonyl (C=O) groups excluding carboxylic acids is 1. The Morgan fingerprint density at radius 1 is 1.37 bits per heavy atom. The van der Waals surface area contributed by atoms with Gasteiger partial charge in [-0.2, -0.15) is 5.26 Å². The van der Waals surface area contributed by atoms with Crippen molar-refractivity contribution in [3.05, 3.63) is 23.9 Å². The quantitative estimate of drug-likeness (QED) is 0.822. The first-order chi connectivity index (χ1) is 9.24. The normalized spacial score (nSPS) is 15.2. The number of anilines is 1. The van der Waals surface area contributed by atoms with E-state index in [0.29, 0.717) is 31.6 Å². The first-order valence-corrected chi connectivity index (χ1v) is 6.33. The molecule has 1 aromatic rings. The highest BCUT2D eigenvalue weighted by Crippen LogP contribution is 2.14. The minimum Gasteiger partial charge on any atom is -0.353 e. The van der Waals surface area contributed by atoms with E-state index >= 15 is 0 Å². The Kier molecular flexibility index (Phi) is 4.31. The number of hydrogen-bond donors (Lipinski definition) is 1. The van der Waals surface area contributed by atoms with Crippen LogP contribution in [0.5, 0.6) is 0 Å². The third-order valence-corrected chi connectivity index (χ3v) is 3.19. The maximum absolute atomic E-state index is 11.7. The molecule has 6 nitrogen and oxygen atoms in total. The number of piperazine rings is 1. The lowest BCUT2D eigenvalue weighted by Gasteiger charge is -2.35. The fraction of sp³-hybridized carbons (Fsp3) is 0.462. The molecule has 2 N–H and O–H groups in total. The number of hydrogen-bond acceptors (Lipinski definition) is 5. The average Bonchev–Trinajstić information content (AvgIpc) is 2.48. The lowest BCUT2D eigenvalue weighted by atomic mass is 10.2. The molecule has 1 aromatic heterocycles. The molecule has 0 saturated carbocycles. The van der Waals surface area contributed by atoms with Gasteiger partial charge in [-0.15, -0.1) is 0 Å². The molecule has 0 radical (unpaired) electrons. The van der Waals surface area contributed by atoms with Gasteiger partial charge in [-0.1, -0.05) is 0 Å². The first kappa shape index (κ1) is 13.3. The molecule has 1 aliphatic rings. The molecule has 1 aliphatic heterocycles. The Morgan fingerprint density at radius 2 is 2.11 bits per heavy atom. The van der Waals surface area contributed by atoms with Gasteiger partial charge in [-0.05, 0) is 12.1 Å². The molecule has 2 heterocycles. The van der Waals surface area contributed by atoms with E-state index in [1.54, 1.807) is 12.3 Å². The second-order valence-corrected chi connectivity index (χ2v) is 4.42. The van der Waals surface area contributed by atoms with Crippen molar-refractivity contribution in [2.75, 3.05) is 37.6 Å². The van der Waals surface area contributed by atoms with Crippen LogP contribution in [0.1, 0.15) is 12.0 Å². The summed E-state index contributed by atoms with van der Waals surface area (Å²) in [6.07, 6.45) is 1.98. The summed E-state index contributed by atoms with van der Waals surface area (Å²) in [4.78, 5) is 19.9. The molecule has 6 heteroatoms. The van der Waals surface area contributed by atoms with Crippen molar-refractivity contribution in [3.8, 4) is 6.07 Å². The number of amides is 1. The fourth-order valence-electron chi connectivity index (χ4n) is 2.11. The van der Waals surface area contributed by atoms with Crippen molar-refractivity contribution in [2.45, 2.75) is 6.42 Å².